The fraction of sp³-hybridized carbons (Fsp3) is 0.444. The second kappa shape index (κ2) is 11.3. The van der Waals surface area contributed by atoms with Gasteiger partial charge in [0.05, 0.1) is 16.8 Å². The second-order valence-electron chi connectivity index (χ2n) is 9.21. The van der Waals surface area contributed by atoms with Crippen LogP contribution in [0.1, 0.15) is 18.4 Å². The highest BCUT2D eigenvalue weighted by Crippen LogP contribution is 2.31. The summed E-state index contributed by atoms with van der Waals surface area (Å²) < 4.78 is 5.87. The van der Waals surface area contributed by atoms with Crippen molar-refractivity contribution in [3.63, 3.8) is 0 Å². The van der Waals surface area contributed by atoms with Crippen LogP contribution in [0, 0.1) is 6.92 Å². The number of carbonyl (C=O) groups excluding carboxylic acids is 1. The van der Waals surface area contributed by atoms with Gasteiger partial charge in [-0.05, 0) is 44.0 Å². The molecule has 0 bridgehead atoms. The summed E-state index contributed by atoms with van der Waals surface area (Å²) in [5.41, 5.74) is 3.02. The summed E-state index contributed by atoms with van der Waals surface area (Å²) in [6, 6.07) is 16.1. The number of aryl methyl sites for hydroxylation is 1. The Labute approximate surface area is 211 Å². The monoisotopic (exact) mass is 491 g/mol. The highest BCUT2D eigenvalue weighted by atomic mass is 32.2. The maximum Gasteiger partial charge on any atom is 0.233 e. The van der Waals surface area contributed by atoms with Crippen molar-refractivity contribution in [2.45, 2.75) is 24.8 Å². The third-order valence-corrected chi connectivity index (χ3v) is 7.62. The molecule has 0 N–H and O–H groups in total. The molecule has 0 unspecified atom stereocenters. The summed E-state index contributed by atoms with van der Waals surface area (Å²) in [5.74, 6) is 2.40. The molecule has 3 aromatic rings. The molecule has 3 heterocycles. The van der Waals surface area contributed by atoms with Crippen molar-refractivity contribution >= 4 is 34.5 Å². The Balaban J connectivity index is 1.12. The molecule has 0 aliphatic carbocycles. The summed E-state index contributed by atoms with van der Waals surface area (Å²) in [4.78, 5) is 29.4. The minimum atomic E-state index is 0.174. The lowest BCUT2D eigenvalue weighted by molar-refractivity contribution is -0.130. The van der Waals surface area contributed by atoms with Crippen LogP contribution in [0.5, 0.6) is 5.75 Å². The third-order valence-electron chi connectivity index (χ3n) is 6.68. The fourth-order valence-electron chi connectivity index (χ4n) is 4.58. The number of benzene rings is 2. The van der Waals surface area contributed by atoms with E-state index in [-0.39, 0.29) is 5.91 Å². The number of carbonyl (C=O) groups is 1. The summed E-state index contributed by atoms with van der Waals surface area (Å²) in [7, 11) is 0. The van der Waals surface area contributed by atoms with E-state index in [2.05, 4.69) is 28.9 Å². The molecular weight excluding hydrogens is 458 g/mol. The van der Waals surface area contributed by atoms with Crippen LogP contribution in [0.4, 0.5) is 5.82 Å². The number of anilines is 1. The van der Waals surface area contributed by atoms with Gasteiger partial charge < -0.3 is 14.5 Å². The SMILES string of the molecule is Cc1ccc(OCCN2CCN(C(=O)CSc3nc4ccccc4nc3N3CCCC3)CC2)cc1. The predicted octanol–water partition coefficient (Wildman–Crippen LogP) is 3.85. The number of amides is 1. The number of ether oxygens (including phenoxy) is 1. The zero-order valence-electron chi connectivity index (χ0n) is 20.4. The number of aromatic nitrogens is 2. The van der Waals surface area contributed by atoms with Crippen molar-refractivity contribution in [1.29, 1.82) is 0 Å². The molecule has 184 valence electrons. The first kappa shape index (κ1) is 23.9. The maximum atomic E-state index is 13.0. The standard InChI is InChI=1S/C27H33N5O2S/c1-21-8-10-22(11-9-21)34-19-18-30-14-16-31(17-15-30)25(33)20-35-27-26(32-12-4-5-13-32)28-23-6-2-3-7-24(23)29-27/h2-3,6-11H,4-5,12-20H2,1H3. The lowest BCUT2D eigenvalue weighted by Gasteiger charge is -2.34. The van der Waals surface area contributed by atoms with Gasteiger partial charge in [0.15, 0.2) is 5.82 Å². The number of piperazine rings is 1. The van der Waals surface area contributed by atoms with E-state index >= 15 is 0 Å². The first-order valence-corrected chi connectivity index (χ1v) is 13.5. The number of rotatable bonds is 8. The van der Waals surface area contributed by atoms with Crippen LogP contribution in [-0.4, -0.2) is 83.8 Å². The maximum absolute atomic E-state index is 13.0. The van der Waals surface area contributed by atoms with E-state index in [1.807, 2.05) is 41.3 Å². The first-order valence-electron chi connectivity index (χ1n) is 12.5. The molecule has 2 aliphatic rings. The molecule has 2 aliphatic heterocycles. The van der Waals surface area contributed by atoms with Gasteiger partial charge in [-0.3, -0.25) is 9.69 Å². The number of hydrogen-bond acceptors (Lipinski definition) is 7. The van der Waals surface area contributed by atoms with E-state index in [9.17, 15) is 4.79 Å². The van der Waals surface area contributed by atoms with Crippen molar-refractivity contribution in [2.75, 3.05) is 63.1 Å². The molecule has 1 aromatic heterocycles. The molecule has 0 radical (unpaired) electrons. The van der Waals surface area contributed by atoms with Crippen LogP contribution in [0.25, 0.3) is 11.0 Å². The van der Waals surface area contributed by atoms with Crippen molar-refractivity contribution in [3.8, 4) is 5.75 Å². The summed E-state index contributed by atoms with van der Waals surface area (Å²) in [6.07, 6.45) is 2.36. The molecule has 5 rings (SSSR count). The lowest BCUT2D eigenvalue weighted by atomic mass is 10.2. The largest absolute Gasteiger partial charge is 0.492 e. The van der Waals surface area contributed by atoms with Gasteiger partial charge in [0.1, 0.15) is 17.4 Å². The van der Waals surface area contributed by atoms with Crippen LogP contribution >= 0.6 is 11.8 Å². The summed E-state index contributed by atoms with van der Waals surface area (Å²) in [5, 5.41) is 0.867. The van der Waals surface area contributed by atoms with E-state index in [0.29, 0.717) is 12.4 Å². The van der Waals surface area contributed by atoms with Gasteiger partial charge >= 0.3 is 0 Å². The number of hydrogen-bond donors (Lipinski definition) is 0. The van der Waals surface area contributed by atoms with Crippen LogP contribution in [-0.2, 0) is 4.79 Å². The van der Waals surface area contributed by atoms with Crippen LogP contribution < -0.4 is 9.64 Å². The van der Waals surface area contributed by atoms with Crippen LogP contribution in [0.3, 0.4) is 0 Å². The van der Waals surface area contributed by atoms with Crippen molar-refractivity contribution in [3.05, 3.63) is 54.1 Å². The quantitative estimate of drug-likeness (QED) is 0.444. The molecular formula is C27H33N5O2S. The van der Waals surface area contributed by atoms with Crippen molar-refractivity contribution in [2.24, 2.45) is 0 Å². The minimum absolute atomic E-state index is 0.174. The molecule has 1 amide bonds. The van der Waals surface area contributed by atoms with Gasteiger partial charge in [0, 0.05) is 45.8 Å². The minimum Gasteiger partial charge on any atom is -0.492 e. The van der Waals surface area contributed by atoms with Gasteiger partial charge in [0.2, 0.25) is 5.91 Å². The Morgan fingerprint density at radius 3 is 2.31 bits per heavy atom. The number of para-hydroxylation sites is 2. The molecule has 0 atom stereocenters. The molecule has 2 aromatic carbocycles. The molecule has 8 heteroatoms. The Hall–Kier alpha value is -2.84. The zero-order valence-corrected chi connectivity index (χ0v) is 21.2. The number of thioether (sulfide) groups is 1. The molecule has 2 saturated heterocycles. The molecule has 7 nitrogen and oxygen atoms in total. The van der Waals surface area contributed by atoms with E-state index in [0.717, 1.165) is 73.4 Å². The molecule has 0 saturated carbocycles. The first-order chi connectivity index (χ1) is 17.2. The average molecular weight is 492 g/mol. The molecule has 35 heavy (non-hydrogen) atoms. The lowest BCUT2D eigenvalue weighted by Crippen LogP contribution is -2.50. The second-order valence-corrected chi connectivity index (χ2v) is 10.2. The van der Waals surface area contributed by atoms with E-state index in [1.165, 1.54) is 30.2 Å². The van der Waals surface area contributed by atoms with Gasteiger partial charge in [0.25, 0.3) is 0 Å². The van der Waals surface area contributed by atoms with Crippen molar-refractivity contribution < 1.29 is 9.53 Å². The Morgan fingerprint density at radius 2 is 1.60 bits per heavy atom. The van der Waals surface area contributed by atoms with Gasteiger partial charge in [-0.2, -0.15) is 0 Å². The average Bonchev–Trinajstić information content (AvgIpc) is 3.43. The van der Waals surface area contributed by atoms with E-state index < -0.39 is 0 Å². The van der Waals surface area contributed by atoms with Gasteiger partial charge in [-0.15, -0.1) is 0 Å². The van der Waals surface area contributed by atoms with Crippen molar-refractivity contribution in [1.82, 2.24) is 19.8 Å². The highest BCUT2D eigenvalue weighted by Gasteiger charge is 2.24. The summed E-state index contributed by atoms with van der Waals surface area (Å²) >= 11 is 1.52. The Kier molecular flexibility index (Phi) is 7.69. The number of fused-ring (bicyclic) bond motifs is 1. The fourth-order valence-corrected chi connectivity index (χ4v) is 5.49. The smallest absolute Gasteiger partial charge is 0.233 e. The summed E-state index contributed by atoms with van der Waals surface area (Å²) in [6.45, 7) is 8.88. The van der Waals surface area contributed by atoms with E-state index in [4.69, 9.17) is 14.7 Å². The predicted molar refractivity (Wildman–Crippen MR) is 141 cm³/mol. The molecule has 0 spiro atoms. The van der Waals surface area contributed by atoms with Crippen LogP contribution in [0.2, 0.25) is 0 Å². The Bertz CT molecular complexity index is 1140. The van der Waals surface area contributed by atoms with Gasteiger partial charge in [-0.25, -0.2) is 9.97 Å². The normalized spacial score (nSPS) is 16.7. The van der Waals surface area contributed by atoms with E-state index in [1.54, 1.807) is 0 Å². The topological polar surface area (TPSA) is 61.8 Å². The number of nitrogens with zero attached hydrogens (tertiary/aromatic N) is 5. The molecule has 2 fully saturated rings. The third kappa shape index (κ3) is 6.05. The van der Waals surface area contributed by atoms with Gasteiger partial charge in [-0.1, -0.05) is 41.6 Å². The van der Waals surface area contributed by atoms with Crippen LogP contribution in [0.15, 0.2) is 53.6 Å². The zero-order chi connectivity index (χ0) is 24.0. The Morgan fingerprint density at radius 1 is 0.914 bits per heavy atom. The highest BCUT2D eigenvalue weighted by molar-refractivity contribution is 8.00.